The summed E-state index contributed by atoms with van der Waals surface area (Å²) in [5, 5.41) is 8.25. The van der Waals surface area contributed by atoms with Gasteiger partial charge in [-0.2, -0.15) is 0 Å². The quantitative estimate of drug-likeness (QED) is 0.925. The van der Waals surface area contributed by atoms with Crippen molar-refractivity contribution in [2.75, 3.05) is 11.2 Å². The highest BCUT2D eigenvalue weighted by Crippen LogP contribution is 2.22. The molecule has 0 spiro atoms. The van der Waals surface area contributed by atoms with Gasteiger partial charge in [0.05, 0.1) is 5.75 Å². The van der Waals surface area contributed by atoms with Gasteiger partial charge in [0, 0.05) is 6.07 Å². The van der Waals surface area contributed by atoms with Crippen LogP contribution in [-0.2, 0) is 11.4 Å². The van der Waals surface area contributed by atoms with Crippen LogP contribution in [0.4, 0.5) is 8.78 Å². The second-order valence-electron chi connectivity index (χ2n) is 3.92. The third-order valence-electron chi connectivity index (χ3n) is 2.52. The third kappa shape index (κ3) is 2.44. The molecule has 1 aromatic carbocycles. The summed E-state index contributed by atoms with van der Waals surface area (Å²) in [5.74, 6) is -1.18. The van der Waals surface area contributed by atoms with Gasteiger partial charge in [0.2, 0.25) is 11.1 Å². The van der Waals surface area contributed by atoms with Crippen LogP contribution >= 0.6 is 11.8 Å². The number of thioether (sulfide) groups is 1. The zero-order valence-electron chi connectivity index (χ0n) is 9.97. The summed E-state index contributed by atoms with van der Waals surface area (Å²) in [5.41, 5.74) is 2.57. The number of fused-ring (bicyclic) bond motifs is 1. The van der Waals surface area contributed by atoms with E-state index in [0.717, 1.165) is 12.1 Å². The summed E-state index contributed by atoms with van der Waals surface area (Å²) in [7, 11) is 0. The minimum atomic E-state index is -0.804. The lowest BCUT2D eigenvalue weighted by molar-refractivity contribution is -0.115. The van der Waals surface area contributed by atoms with Gasteiger partial charge in [-0.15, -0.1) is 10.2 Å². The molecule has 0 fully saturated rings. The minimum absolute atomic E-state index is 0.0986. The first-order valence-electron chi connectivity index (χ1n) is 5.58. The van der Waals surface area contributed by atoms with E-state index in [2.05, 4.69) is 15.6 Å². The van der Waals surface area contributed by atoms with E-state index in [0.29, 0.717) is 11.0 Å². The Hall–Kier alpha value is -2.16. The highest BCUT2D eigenvalue weighted by molar-refractivity contribution is 7.99. The predicted octanol–water partition coefficient (Wildman–Crippen LogP) is 1.31. The Morgan fingerprint density at radius 3 is 3.05 bits per heavy atom. The number of amides is 1. The van der Waals surface area contributed by atoms with E-state index in [1.807, 2.05) is 0 Å². The molecule has 1 amide bonds. The van der Waals surface area contributed by atoms with Gasteiger partial charge in [0.15, 0.2) is 17.4 Å². The fourth-order valence-electron chi connectivity index (χ4n) is 1.62. The van der Waals surface area contributed by atoms with Crippen molar-refractivity contribution in [3.05, 3.63) is 35.7 Å². The highest BCUT2D eigenvalue weighted by atomic mass is 32.2. The van der Waals surface area contributed by atoms with Crippen molar-refractivity contribution >= 4 is 17.7 Å². The van der Waals surface area contributed by atoms with Crippen LogP contribution in [0.25, 0.3) is 0 Å². The summed E-state index contributed by atoms with van der Waals surface area (Å²) in [6.45, 7) is -0.101. The van der Waals surface area contributed by atoms with E-state index in [-0.39, 0.29) is 24.0 Å². The molecule has 1 aliphatic heterocycles. The SMILES string of the molecule is O=C1CSc2nnc(COc3ccc(F)cc3F)n2N1. The maximum Gasteiger partial charge on any atom is 0.249 e. The molecule has 1 aliphatic rings. The van der Waals surface area contributed by atoms with Crippen LogP contribution in [-0.4, -0.2) is 26.5 Å². The normalized spacial score (nSPS) is 13.8. The molecular weight excluding hydrogens is 290 g/mol. The molecule has 0 atom stereocenters. The van der Waals surface area contributed by atoms with E-state index < -0.39 is 11.6 Å². The number of carbonyl (C=O) groups is 1. The number of hydrogen-bond acceptors (Lipinski definition) is 5. The molecule has 6 nitrogen and oxygen atoms in total. The second-order valence-corrected chi connectivity index (χ2v) is 4.86. The lowest BCUT2D eigenvalue weighted by Crippen LogP contribution is -2.31. The maximum absolute atomic E-state index is 13.4. The van der Waals surface area contributed by atoms with E-state index in [9.17, 15) is 13.6 Å². The number of nitrogens with one attached hydrogen (secondary N) is 1. The number of hydrogen-bond donors (Lipinski definition) is 1. The van der Waals surface area contributed by atoms with Gasteiger partial charge in [-0.25, -0.2) is 13.5 Å². The lowest BCUT2D eigenvalue weighted by Gasteiger charge is -2.15. The molecule has 0 bridgehead atoms. The molecule has 2 aromatic rings. The van der Waals surface area contributed by atoms with Gasteiger partial charge in [-0.3, -0.25) is 10.2 Å². The number of aromatic nitrogens is 3. The van der Waals surface area contributed by atoms with E-state index in [4.69, 9.17) is 4.74 Å². The zero-order valence-corrected chi connectivity index (χ0v) is 10.8. The molecule has 0 saturated carbocycles. The summed E-state index contributed by atoms with van der Waals surface area (Å²) < 4.78 is 32.8. The summed E-state index contributed by atoms with van der Waals surface area (Å²) in [6.07, 6.45) is 0. The molecule has 9 heteroatoms. The Bertz CT molecular complexity index is 676. The Balaban J connectivity index is 1.76. The van der Waals surface area contributed by atoms with Crippen molar-refractivity contribution in [1.82, 2.24) is 14.9 Å². The van der Waals surface area contributed by atoms with Gasteiger partial charge in [0.1, 0.15) is 12.4 Å². The summed E-state index contributed by atoms with van der Waals surface area (Å²) in [6, 6.07) is 3.01. The first kappa shape index (κ1) is 12.9. The largest absolute Gasteiger partial charge is 0.482 e. The van der Waals surface area contributed by atoms with Gasteiger partial charge in [-0.05, 0) is 12.1 Å². The van der Waals surface area contributed by atoms with Crippen molar-refractivity contribution in [3.8, 4) is 5.75 Å². The fourth-order valence-corrected chi connectivity index (χ4v) is 2.32. The van der Waals surface area contributed by atoms with Crippen LogP contribution in [0.2, 0.25) is 0 Å². The van der Waals surface area contributed by atoms with Gasteiger partial charge in [-0.1, -0.05) is 11.8 Å². The number of rotatable bonds is 3. The number of nitrogens with zero attached hydrogens (tertiary/aromatic N) is 3. The maximum atomic E-state index is 13.4. The molecule has 1 aromatic heterocycles. The standard InChI is InChI=1S/C11H8F2N4O2S/c12-6-1-2-8(7(13)3-6)19-4-9-14-15-11-17(9)16-10(18)5-20-11/h1-3H,4-5H2,(H,16,18). The number of ether oxygens (including phenoxy) is 1. The molecule has 0 radical (unpaired) electrons. The van der Waals surface area contributed by atoms with Gasteiger partial charge >= 0.3 is 0 Å². The third-order valence-corrected chi connectivity index (χ3v) is 3.45. The van der Waals surface area contributed by atoms with Crippen LogP contribution in [0.15, 0.2) is 23.4 Å². The molecule has 0 unspecified atom stereocenters. The Labute approximate surface area is 116 Å². The van der Waals surface area contributed by atoms with Crippen LogP contribution in [0, 0.1) is 11.6 Å². The Kier molecular flexibility index (Phi) is 3.26. The van der Waals surface area contributed by atoms with Crippen LogP contribution in [0.5, 0.6) is 5.75 Å². The monoisotopic (exact) mass is 298 g/mol. The van der Waals surface area contributed by atoms with Crippen LogP contribution < -0.4 is 10.2 Å². The molecule has 0 saturated heterocycles. The average molecular weight is 298 g/mol. The molecule has 3 rings (SSSR count). The van der Waals surface area contributed by atoms with Crippen molar-refractivity contribution < 1.29 is 18.3 Å². The lowest BCUT2D eigenvalue weighted by atomic mass is 10.3. The van der Waals surface area contributed by atoms with Crippen LogP contribution in [0.3, 0.4) is 0 Å². The summed E-state index contributed by atoms with van der Waals surface area (Å²) in [4.78, 5) is 11.3. The Morgan fingerprint density at radius 2 is 2.25 bits per heavy atom. The van der Waals surface area contributed by atoms with E-state index in [1.165, 1.54) is 22.5 Å². The van der Waals surface area contributed by atoms with Gasteiger partial charge in [0.25, 0.3) is 0 Å². The molecular formula is C11H8F2N4O2S. The molecule has 20 heavy (non-hydrogen) atoms. The first-order valence-corrected chi connectivity index (χ1v) is 6.57. The second kappa shape index (κ2) is 5.08. The van der Waals surface area contributed by atoms with Crippen molar-refractivity contribution in [2.45, 2.75) is 11.8 Å². The zero-order chi connectivity index (χ0) is 14.1. The van der Waals surface area contributed by atoms with Crippen molar-refractivity contribution in [1.29, 1.82) is 0 Å². The topological polar surface area (TPSA) is 69.0 Å². The van der Waals surface area contributed by atoms with E-state index in [1.54, 1.807) is 0 Å². The van der Waals surface area contributed by atoms with E-state index >= 15 is 0 Å². The first-order chi connectivity index (χ1) is 9.63. The highest BCUT2D eigenvalue weighted by Gasteiger charge is 2.21. The molecule has 1 N–H and O–H groups in total. The minimum Gasteiger partial charge on any atom is -0.482 e. The predicted molar refractivity (Wildman–Crippen MR) is 65.8 cm³/mol. The average Bonchev–Trinajstić information content (AvgIpc) is 2.80. The summed E-state index contributed by atoms with van der Waals surface area (Å²) >= 11 is 1.24. The smallest absolute Gasteiger partial charge is 0.249 e. The molecule has 2 heterocycles. The fraction of sp³-hybridized carbons (Fsp3) is 0.182. The van der Waals surface area contributed by atoms with Crippen molar-refractivity contribution in [3.63, 3.8) is 0 Å². The number of carbonyl (C=O) groups excluding carboxylic acids is 1. The van der Waals surface area contributed by atoms with Gasteiger partial charge < -0.3 is 4.74 Å². The molecule has 104 valence electrons. The Morgan fingerprint density at radius 1 is 1.40 bits per heavy atom. The number of benzene rings is 1. The molecule has 0 aliphatic carbocycles. The number of halogens is 2. The van der Waals surface area contributed by atoms with Crippen LogP contribution in [0.1, 0.15) is 5.82 Å². The van der Waals surface area contributed by atoms with Crippen molar-refractivity contribution in [2.24, 2.45) is 0 Å².